The van der Waals surface area contributed by atoms with E-state index in [1.807, 2.05) is 0 Å². The number of hydrogen-bond donors (Lipinski definition) is 0. The number of allylic oxidation sites excluding steroid dienone is 2. The largest absolute Gasteiger partial charge is 0.343 e. The second-order valence-corrected chi connectivity index (χ2v) is 5.44. The Bertz CT molecular complexity index is 145. The molecule has 112 valence electrons. The summed E-state index contributed by atoms with van der Waals surface area (Å²) < 4.78 is 0. The molecule has 0 radical (unpaired) electrons. The van der Waals surface area contributed by atoms with Crippen LogP contribution in [-0.2, 0) is 0 Å². The maximum atomic E-state index is 3.87. The third-order valence-corrected chi connectivity index (χ3v) is 3.51. The quantitative estimate of drug-likeness (QED) is 0.171. The summed E-state index contributed by atoms with van der Waals surface area (Å²) in [6.45, 7) is 6.15. The van der Waals surface area contributed by atoms with Crippen LogP contribution in [-0.4, -0.2) is 0 Å². The summed E-state index contributed by atoms with van der Waals surface area (Å²) in [5.74, 6) is 0. The van der Waals surface area contributed by atoms with Crippen molar-refractivity contribution in [3.63, 3.8) is 0 Å². The molecule has 0 amide bonds. The van der Waals surface area contributed by atoms with Crippen molar-refractivity contribution < 1.29 is 40.8 Å². The van der Waals surface area contributed by atoms with Gasteiger partial charge in [-0.25, -0.2) is 0 Å². The monoisotopic (exact) mass is 393 g/mol. The summed E-state index contributed by atoms with van der Waals surface area (Å²) in [7, 11) is 0. The van der Waals surface area contributed by atoms with Gasteiger partial charge in [-0.2, -0.15) is 6.42 Å². The van der Waals surface area contributed by atoms with Crippen molar-refractivity contribution in [2.75, 3.05) is 0 Å². The molecule has 0 aromatic carbocycles. The molecule has 1 heteroatoms. The van der Waals surface area contributed by atoms with Gasteiger partial charge in [-0.15, -0.1) is 0 Å². The fourth-order valence-corrected chi connectivity index (χ4v) is 2.25. The Hall–Kier alpha value is 1.09. The summed E-state index contributed by atoms with van der Waals surface area (Å²) in [4.78, 5) is 0. The molecule has 0 aromatic rings. The van der Waals surface area contributed by atoms with Gasteiger partial charge in [0.15, 0.2) is 0 Å². The van der Waals surface area contributed by atoms with E-state index in [2.05, 4.69) is 26.0 Å². The van der Waals surface area contributed by atoms with Gasteiger partial charge in [0.2, 0.25) is 0 Å². The Morgan fingerprint density at radius 2 is 1.05 bits per heavy atom. The first kappa shape index (κ1) is 22.4. The Kier molecular flexibility index (Phi) is 25.2. The van der Waals surface area contributed by atoms with E-state index in [4.69, 9.17) is 0 Å². The first-order valence-electron chi connectivity index (χ1n) is 8.36. The van der Waals surface area contributed by atoms with E-state index in [0.29, 0.717) is 0 Å². The SMILES string of the molecule is [CH2-]CCCCCCC/C=C\CCCCCCCC.[Nd]. The molecular formula is C18H35Nd-. The van der Waals surface area contributed by atoms with Gasteiger partial charge in [-0.1, -0.05) is 76.9 Å². The predicted molar refractivity (Wildman–Crippen MR) is 84.8 cm³/mol. The molecule has 0 fully saturated rings. The van der Waals surface area contributed by atoms with Crippen LogP contribution in [0.3, 0.4) is 0 Å². The first-order chi connectivity index (χ1) is 8.91. The second-order valence-electron chi connectivity index (χ2n) is 5.44. The smallest absolute Gasteiger partial charge is 0 e. The normalized spacial score (nSPS) is 10.8. The van der Waals surface area contributed by atoms with Crippen LogP contribution in [0.1, 0.15) is 96.8 Å². The van der Waals surface area contributed by atoms with E-state index in [-0.39, 0.29) is 40.8 Å². The van der Waals surface area contributed by atoms with E-state index in [0.717, 1.165) is 6.42 Å². The van der Waals surface area contributed by atoms with Crippen LogP contribution in [0.2, 0.25) is 0 Å². The van der Waals surface area contributed by atoms with Crippen molar-refractivity contribution in [2.45, 2.75) is 96.8 Å². The van der Waals surface area contributed by atoms with Gasteiger partial charge in [0, 0.05) is 40.8 Å². The minimum Gasteiger partial charge on any atom is -0.343 e. The van der Waals surface area contributed by atoms with Crippen LogP contribution < -0.4 is 0 Å². The fourth-order valence-electron chi connectivity index (χ4n) is 2.25. The molecule has 0 bridgehead atoms. The van der Waals surface area contributed by atoms with E-state index < -0.39 is 0 Å². The summed E-state index contributed by atoms with van der Waals surface area (Å²) >= 11 is 0. The minimum atomic E-state index is 0. The molecule has 0 atom stereocenters. The summed E-state index contributed by atoms with van der Waals surface area (Å²) in [6, 6.07) is 0. The van der Waals surface area contributed by atoms with E-state index in [1.165, 1.54) is 83.5 Å². The molecule has 0 saturated heterocycles. The summed E-state index contributed by atoms with van der Waals surface area (Å²) in [5.41, 5.74) is 0. The van der Waals surface area contributed by atoms with Gasteiger partial charge in [-0.05, 0) is 25.7 Å². The molecule has 0 aromatic heterocycles. The molecule has 0 N–H and O–H groups in total. The van der Waals surface area contributed by atoms with Crippen molar-refractivity contribution in [3.05, 3.63) is 19.1 Å². The van der Waals surface area contributed by atoms with Crippen LogP contribution in [0.5, 0.6) is 0 Å². The zero-order chi connectivity index (χ0) is 13.3. The van der Waals surface area contributed by atoms with Gasteiger partial charge in [-0.3, -0.25) is 0 Å². The van der Waals surface area contributed by atoms with Gasteiger partial charge >= 0.3 is 0 Å². The van der Waals surface area contributed by atoms with Crippen molar-refractivity contribution in [3.8, 4) is 0 Å². The van der Waals surface area contributed by atoms with Crippen LogP contribution in [0, 0.1) is 47.8 Å². The third-order valence-electron chi connectivity index (χ3n) is 3.51. The summed E-state index contributed by atoms with van der Waals surface area (Å²) in [6.07, 6.45) is 23.8. The molecule has 0 heterocycles. The zero-order valence-electron chi connectivity index (χ0n) is 13.3. The zero-order valence-corrected chi connectivity index (χ0v) is 16.5. The van der Waals surface area contributed by atoms with E-state index in [1.54, 1.807) is 0 Å². The molecule has 0 aliphatic carbocycles. The maximum Gasteiger partial charge on any atom is 0 e. The fraction of sp³-hybridized carbons (Fsp3) is 0.833. The number of unbranched alkanes of at least 4 members (excludes halogenated alkanes) is 12. The topological polar surface area (TPSA) is 0 Å². The average Bonchev–Trinajstić information content (AvgIpc) is 2.39. The van der Waals surface area contributed by atoms with Crippen LogP contribution >= 0.6 is 0 Å². The van der Waals surface area contributed by atoms with Crippen LogP contribution in [0.15, 0.2) is 12.2 Å². The van der Waals surface area contributed by atoms with Crippen molar-refractivity contribution >= 4 is 0 Å². The molecule has 0 aliphatic heterocycles. The van der Waals surface area contributed by atoms with Gasteiger partial charge in [0.1, 0.15) is 0 Å². The van der Waals surface area contributed by atoms with Crippen LogP contribution in [0.25, 0.3) is 0 Å². The molecule has 19 heavy (non-hydrogen) atoms. The van der Waals surface area contributed by atoms with Gasteiger partial charge in [0.05, 0.1) is 0 Å². The molecule has 0 unspecified atom stereocenters. The van der Waals surface area contributed by atoms with Crippen molar-refractivity contribution in [1.82, 2.24) is 0 Å². The third kappa shape index (κ3) is 21.5. The van der Waals surface area contributed by atoms with Gasteiger partial charge < -0.3 is 6.92 Å². The molecular weight excluding hydrogens is 360 g/mol. The number of rotatable bonds is 14. The molecule has 0 aliphatic rings. The molecule has 0 nitrogen and oxygen atoms in total. The first-order valence-corrected chi connectivity index (χ1v) is 8.36. The average molecular weight is 396 g/mol. The maximum absolute atomic E-state index is 3.87. The standard InChI is InChI=1S/C18H35.Nd/c1-3-5-7-9-11-13-15-17-18-16-14-12-10-8-6-4-2;/h17-18H,1,3-16H2,2H3;/q-1;/b18-17-;. The second kappa shape index (κ2) is 21.4. The number of hydrogen-bond acceptors (Lipinski definition) is 0. The predicted octanol–water partition coefficient (Wildman–Crippen LogP) is 6.86. The summed E-state index contributed by atoms with van der Waals surface area (Å²) in [5, 5.41) is 0. The Morgan fingerprint density at radius 3 is 1.53 bits per heavy atom. The molecule has 0 spiro atoms. The van der Waals surface area contributed by atoms with Crippen LogP contribution in [0.4, 0.5) is 0 Å². The Morgan fingerprint density at radius 1 is 0.632 bits per heavy atom. The van der Waals surface area contributed by atoms with Gasteiger partial charge in [0.25, 0.3) is 0 Å². The van der Waals surface area contributed by atoms with E-state index >= 15 is 0 Å². The van der Waals surface area contributed by atoms with Crippen molar-refractivity contribution in [1.29, 1.82) is 0 Å². The molecule has 0 saturated carbocycles. The Balaban J connectivity index is 0. The van der Waals surface area contributed by atoms with Crippen molar-refractivity contribution in [2.24, 2.45) is 0 Å². The molecule has 0 rings (SSSR count). The van der Waals surface area contributed by atoms with E-state index in [9.17, 15) is 0 Å². The minimum absolute atomic E-state index is 0. The Labute approximate surface area is 155 Å².